The van der Waals surface area contributed by atoms with E-state index in [0.717, 1.165) is 44.3 Å². The van der Waals surface area contributed by atoms with Gasteiger partial charge in [0.1, 0.15) is 0 Å². The molecule has 1 saturated heterocycles. The Bertz CT molecular complexity index is 1220. The quantitative estimate of drug-likeness (QED) is 0.218. The molecule has 0 radical (unpaired) electrons. The van der Waals surface area contributed by atoms with E-state index < -0.39 is 0 Å². The van der Waals surface area contributed by atoms with Crippen molar-refractivity contribution in [3.05, 3.63) is 116 Å². The van der Waals surface area contributed by atoms with Gasteiger partial charge in [-0.25, -0.2) is 0 Å². The maximum Gasteiger partial charge on any atom is 0.272 e. The van der Waals surface area contributed by atoms with Crippen LogP contribution in [0.2, 0.25) is 0 Å². The molecule has 1 aliphatic heterocycles. The van der Waals surface area contributed by atoms with Gasteiger partial charge in [-0.05, 0) is 53.5 Å². The minimum Gasteiger partial charge on any atom is -0.299 e. The molecule has 1 heterocycles. The molecule has 3 aromatic carbocycles. The van der Waals surface area contributed by atoms with Gasteiger partial charge in [-0.1, -0.05) is 91.4 Å². The highest BCUT2D eigenvalue weighted by Crippen LogP contribution is 2.39. The van der Waals surface area contributed by atoms with Gasteiger partial charge >= 0.3 is 0 Å². The van der Waals surface area contributed by atoms with Gasteiger partial charge in [0.05, 0.1) is 4.92 Å². The lowest BCUT2D eigenvalue weighted by Gasteiger charge is -2.36. The van der Waals surface area contributed by atoms with Crippen molar-refractivity contribution in [2.75, 3.05) is 13.1 Å². The number of likely N-dealkylation sites (tertiary alicyclic amines) is 1. The summed E-state index contributed by atoms with van der Waals surface area (Å²) in [6, 6.07) is 24.9. The Labute approximate surface area is 213 Å². The Kier molecular flexibility index (Phi) is 7.84. The van der Waals surface area contributed by atoms with Crippen LogP contribution in [0.25, 0.3) is 17.7 Å². The number of nitro benzene ring substituents is 1. The predicted octanol–water partition coefficient (Wildman–Crippen LogP) is 7.42. The molecule has 0 bridgehead atoms. The first-order valence-corrected chi connectivity index (χ1v) is 12.2. The smallest absolute Gasteiger partial charge is 0.272 e. The first-order chi connectivity index (χ1) is 16.7. The van der Waals surface area contributed by atoms with Crippen LogP contribution in [0.5, 0.6) is 0 Å². The van der Waals surface area contributed by atoms with Crippen LogP contribution in [0.4, 0.5) is 5.69 Å². The van der Waals surface area contributed by atoms with Crippen molar-refractivity contribution < 1.29 is 4.92 Å². The summed E-state index contributed by atoms with van der Waals surface area (Å²) in [5.74, 6) is 0. The zero-order chi connectivity index (χ0) is 23.5. The fourth-order valence-corrected chi connectivity index (χ4v) is 5.50. The molecule has 0 N–H and O–H groups in total. The monoisotopic (exact) mass is 486 g/mol. The van der Waals surface area contributed by atoms with Crippen LogP contribution in [0, 0.1) is 10.1 Å². The lowest BCUT2D eigenvalue weighted by atomic mass is 9.85. The SMILES string of the molecule is CCC(Cc1ccccc1[N+](=O)[O-])N1CCC(=C2c3ccccc3C=Cc3ccccc32)CC1.Cl. The molecule has 4 nitrogen and oxygen atoms in total. The van der Waals surface area contributed by atoms with Gasteiger partial charge < -0.3 is 0 Å². The molecule has 0 saturated carbocycles. The molecular formula is C30H31ClN2O2. The largest absolute Gasteiger partial charge is 0.299 e. The van der Waals surface area contributed by atoms with Gasteiger partial charge in [-0.15, -0.1) is 12.4 Å². The summed E-state index contributed by atoms with van der Waals surface area (Å²) < 4.78 is 0. The number of rotatable bonds is 5. The van der Waals surface area contributed by atoms with E-state index in [9.17, 15) is 10.1 Å². The van der Waals surface area contributed by atoms with Crippen LogP contribution in [-0.2, 0) is 6.42 Å². The number of piperidine rings is 1. The van der Waals surface area contributed by atoms with Crippen molar-refractivity contribution in [1.82, 2.24) is 4.90 Å². The summed E-state index contributed by atoms with van der Waals surface area (Å²) >= 11 is 0. The van der Waals surface area contributed by atoms with E-state index >= 15 is 0 Å². The Balaban J connectivity index is 0.00000289. The first kappa shape index (κ1) is 24.9. The molecule has 35 heavy (non-hydrogen) atoms. The zero-order valence-electron chi connectivity index (χ0n) is 20.0. The summed E-state index contributed by atoms with van der Waals surface area (Å²) in [6.45, 7) is 4.16. The van der Waals surface area contributed by atoms with E-state index in [4.69, 9.17) is 0 Å². The van der Waals surface area contributed by atoms with Crippen molar-refractivity contribution in [3.8, 4) is 0 Å². The molecule has 180 valence electrons. The number of hydrogen-bond acceptors (Lipinski definition) is 3. The minimum absolute atomic E-state index is 0. The Hall–Kier alpha value is -3.21. The lowest BCUT2D eigenvalue weighted by Crippen LogP contribution is -2.41. The van der Waals surface area contributed by atoms with Crippen LogP contribution in [0.1, 0.15) is 54.0 Å². The number of hydrogen-bond donors (Lipinski definition) is 0. The summed E-state index contributed by atoms with van der Waals surface area (Å²) in [6.07, 6.45) is 8.20. The van der Waals surface area contributed by atoms with Gasteiger partial charge in [0.2, 0.25) is 0 Å². The van der Waals surface area contributed by atoms with Crippen LogP contribution >= 0.6 is 12.4 Å². The second kappa shape index (κ2) is 11.0. The highest BCUT2D eigenvalue weighted by atomic mass is 35.5. The molecule has 1 fully saturated rings. The standard InChI is InChI=1S/C30H30N2O2.ClH/c1-2-26(21-25-11-5-8-14-29(25)32(33)34)31-19-17-24(18-20-31)30-27-12-6-3-9-22(27)15-16-23-10-4-7-13-28(23)30;/h3-16,26H,2,17-21H2,1H3;1H. The summed E-state index contributed by atoms with van der Waals surface area (Å²) in [5.41, 5.74) is 9.15. The van der Waals surface area contributed by atoms with Crippen LogP contribution < -0.4 is 0 Å². The molecule has 5 rings (SSSR count). The number of fused-ring (bicyclic) bond motifs is 2. The topological polar surface area (TPSA) is 46.4 Å². The summed E-state index contributed by atoms with van der Waals surface area (Å²) in [4.78, 5) is 13.8. The molecule has 3 aromatic rings. The number of nitro groups is 1. The highest BCUT2D eigenvalue weighted by molar-refractivity contribution is 5.94. The van der Waals surface area contributed by atoms with E-state index in [1.165, 1.54) is 33.4 Å². The highest BCUT2D eigenvalue weighted by Gasteiger charge is 2.27. The van der Waals surface area contributed by atoms with Crippen LogP contribution in [0.15, 0.2) is 78.4 Å². The Morgan fingerprint density at radius 3 is 1.97 bits per heavy atom. The van der Waals surface area contributed by atoms with E-state index in [2.05, 4.69) is 72.5 Å². The molecule has 1 unspecified atom stereocenters. The summed E-state index contributed by atoms with van der Waals surface area (Å²) in [5, 5.41) is 11.5. The second-order valence-corrected chi connectivity index (χ2v) is 9.17. The van der Waals surface area contributed by atoms with E-state index in [1.54, 1.807) is 12.1 Å². The van der Waals surface area contributed by atoms with Crippen molar-refractivity contribution in [2.45, 2.75) is 38.6 Å². The van der Waals surface area contributed by atoms with Crippen molar-refractivity contribution in [1.29, 1.82) is 0 Å². The normalized spacial score (nSPS) is 16.0. The average molecular weight is 487 g/mol. The van der Waals surface area contributed by atoms with Gasteiger partial charge in [0.25, 0.3) is 5.69 Å². The Morgan fingerprint density at radius 2 is 1.40 bits per heavy atom. The molecule has 0 spiro atoms. The predicted molar refractivity (Wildman–Crippen MR) is 147 cm³/mol. The molecule has 1 aliphatic carbocycles. The maximum atomic E-state index is 11.5. The fraction of sp³-hybridized carbons (Fsp3) is 0.267. The minimum atomic E-state index is -0.254. The second-order valence-electron chi connectivity index (χ2n) is 9.17. The molecule has 2 aliphatic rings. The first-order valence-electron chi connectivity index (χ1n) is 12.2. The Morgan fingerprint density at radius 1 is 0.857 bits per heavy atom. The summed E-state index contributed by atoms with van der Waals surface area (Å²) in [7, 11) is 0. The number of halogens is 1. The van der Waals surface area contributed by atoms with Crippen molar-refractivity contribution >= 4 is 35.8 Å². The third kappa shape index (κ3) is 5.09. The van der Waals surface area contributed by atoms with Gasteiger partial charge in [-0.2, -0.15) is 0 Å². The van der Waals surface area contributed by atoms with Crippen molar-refractivity contribution in [2.24, 2.45) is 0 Å². The van der Waals surface area contributed by atoms with E-state index in [0.29, 0.717) is 6.04 Å². The molecule has 0 aromatic heterocycles. The van der Waals surface area contributed by atoms with Gasteiger partial charge in [0, 0.05) is 30.8 Å². The number of para-hydroxylation sites is 1. The third-order valence-electron chi connectivity index (χ3n) is 7.29. The average Bonchev–Trinajstić information content (AvgIpc) is 3.04. The third-order valence-corrected chi connectivity index (χ3v) is 7.29. The lowest BCUT2D eigenvalue weighted by molar-refractivity contribution is -0.385. The van der Waals surface area contributed by atoms with Gasteiger partial charge in [-0.3, -0.25) is 15.0 Å². The van der Waals surface area contributed by atoms with Gasteiger partial charge in [0.15, 0.2) is 0 Å². The number of nitrogens with zero attached hydrogens (tertiary/aromatic N) is 2. The molecule has 1 atom stereocenters. The van der Waals surface area contributed by atoms with Crippen LogP contribution in [0.3, 0.4) is 0 Å². The zero-order valence-corrected chi connectivity index (χ0v) is 20.8. The molecule has 5 heteroatoms. The van der Waals surface area contributed by atoms with Crippen molar-refractivity contribution in [3.63, 3.8) is 0 Å². The molecular weight excluding hydrogens is 456 g/mol. The number of benzene rings is 3. The van der Waals surface area contributed by atoms with E-state index in [-0.39, 0.29) is 23.0 Å². The maximum absolute atomic E-state index is 11.5. The molecule has 0 amide bonds. The van der Waals surface area contributed by atoms with Crippen LogP contribution in [-0.4, -0.2) is 29.0 Å². The van der Waals surface area contributed by atoms with E-state index in [1.807, 2.05) is 12.1 Å². The fourth-order valence-electron chi connectivity index (χ4n) is 5.50.